The average molecular weight is 382 g/mol. The maximum absolute atomic E-state index is 11.9. The van der Waals surface area contributed by atoms with Crippen LogP contribution >= 0.6 is 7.82 Å². The number of hydrogen-bond acceptors (Lipinski definition) is 8. The summed E-state index contributed by atoms with van der Waals surface area (Å²) in [6.45, 7) is 3.05. The van der Waals surface area contributed by atoms with Crippen LogP contribution in [0.3, 0.4) is 0 Å². The predicted octanol–water partition coefficient (Wildman–Crippen LogP) is -0.399. The minimum absolute atomic E-state index is 0.0263. The van der Waals surface area contributed by atoms with Gasteiger partial charge in [-0.15, -0.1) is 0 Å². The van der Waals surface area contributed by atoms with E-state index in [1.165, 1.54) is 13.1 Å². The van der Waals surface area contributed by atoms with Gasteiger partial charge in [-0.05, 0) is 13.8 Å². The van der Waals surface area contributed by atoms with Gasteiger partial charge < -0.3 is 19.5 Å². The normalized spacial score (nSPS) is 17.6. The van der Waals surface area contributed by atoms with E-state index in [1.54, 1.807) is 6.92 Å². The number of aliphatic hydroxyl groups excluding tert-OH is 1. The average Bonchev–Trinajstić information content (AvgIpc) is 2.55. The van der Waals surface area contributed by atoms with Crippen LogP contribution < -0.4 is 11.2 Å². The summed E-state index contributed by atoms with van der Waals surface area (Å²) >= 11 is 0. The van der Waals surface area contributed by atoms with Crippen molar-refractivity contribution in [3.8, 4) is 0 Å². The van der Waals surface area contributed by atoms with Crippen LogP contribution in [-0.4, -0.2) is 58.7 Å². The van der Waals surface area contributed by atoms with E-state index in [2.05, 4.69) is 4.52 Å². The van der Waals surface area contributed by atoms with Crippen LogP contribution in [0.5, 0.6) is 0 Å². The molecule has 1 aromatic rings. The number of ether oxygens (including phenoxy) is 2. The molecule has 0 radical (unpaired) electrons. The lowest BCUT2D eigenvalue weighted by Gasteiger charge is -2.28. The van der Waals surface area contributed by atoms with Crippen molar-refractivity contribution in [1.82, 2.24) is 9.55 Å². The van der Waals surface area contributed by atoms with Gasteiger partial charge in [0.05, 0.1) is 19.3 Å². The first-order valence-electron chi connectivity index (χ1n) is 7.46. The van der Waals surface area contributed by atoms with Gasteiger partial charge in [0, 0.05) is 26.0 Å². The molecule has 144 valence electrons. The molecule has 0 saturated heterocycles. The summed E-state index contributed by atoms with van der Waals surface area (Å²) in [7, 11) is -3.22. The SMILES string of the molecule is CCOCC(COP(=O)(O)OC)OC([C@H](C)O)n1ccc(=O)[nH]c1=O. The number of nitrogens with zero attached hydrogens (tertiary/aromatic N) is 1. The summed E-state index contributed by atoms with van der Waals surface area (Å²) in [6, 6.07) is 1.10. The molecule has 3 unspecified atom stereocenters. The Labute approximate surface area is 143 Å². The molecule has 0 saturated carbocycles. The molecule has 4 atom stereocenters. The Balaban J connectivity index is 2.97. The van der Waals surface area contributed by atoms with E-state index >= 15 is 0 Å². The number of H-pyrrole nitrogens is 1. The van der Waals surface area contributed by atoms with E-state index < -0.39 is 37.5 Å². The quantitative estimate of drug-likeness (QED) is 0.435. The third kappa shape index (κ3) is 7.20. The fraction of sp³-hybridized carbons (Fsp3) is 0.692. The van der Waals surface area contributed by atoms with E-state index in [0.717, 1.165) is 17.7 Å². The summed E-state index contributed by atoms with van der Waals surface area (Å²) in [5.41, 5.74) is -1.37. The lowest BCUT2D eigenvalue weighted by Crippen LogP contribution is -2.40. The first-order chi connectivity index (χ1) is 11.7. The van der Waals surface area contributed by atoms with Gasteiger partial charge in [-0.25, -0.2) is 9.36 Å². The van der Waals surface area contributed by atoms with Crippen LogP contribution in [0.4, 0.5) is 0 Å². The van der Waals surface area contributed by atoms with Crippen molar-refractivity contribution in [2.75, 3.05) is 26.9 Å². The van der Waals surface area contributed by atoms with Crippen molar-refractivity contribution >= 4 is 7.82 Å². The fourth-order valence-electron chi connectivity index (χ4n) is 1.84. The molecule has 0 aliphatic heterocycles. The van der Waals surface area contributed by atoms with Crippen molar-refractivity contribution < 1.29 is 33.1 Å². The highest BCUT2D eigenvalue weighted by atomic mass is 31.2. The van der Waals surface area contributed by atoms with Gasteiger partial charge in [0.25, 0.3) is 5.56 Å². The largest absolute Gasteiger partial charge is 0.472 e. The first kappa shape index (κ1) is 21.7. The van der Waals surface area contributed by atoms with Crippen LogP contribution in [0.25, 0.3) is 0 Å². The second-order valence-electron chi connectivity index (χ2n) is 5.01. The van der Waals surface area contributed by atoms with Gasteiger partial charge in [-0.2, -0.15) is 0 Å². The molecule has 0 fully saturated rings. The van der Waals surface area contributed by atoms with Crippen molar-refractivity contribution in [2.24, 2.45) is 0 Å². The summed E-state index contributed by atoms with van der Waals surface area (Å²) in [6.07, 6.45) is -2.05. The van der Waals surface area contributed by atoms with Gasteiger partial charge in [-0.3, -0.25) is 23.4 Å². The fourth-order valence-corrected chi connectivity index (χ4v) is 2.30. The number of phosphoric acid groups is 1. The second-order valence-corrected chi connectivity index (χ2v) is 6.57. The molecular weight excluding hydrogens is 359 g/mol. The number of aromatic nitrogens is 2. The molecule has 3 N–H and O–H groups in total. The molecule has 0 spiro atoms. The Hall–Kier alpha value is -1.33. The van der Waals surface area contributed by atoms with Crippen molar-refractivity contribution in [3.05, 3.63) is 33.1 Å². The molecule has 0 aromatic carbocycles. The molecule has 1 heterocycles. The first-order valence-corrected chi connectivity index (χ1v) is 8.95. The number of aromatic amines is 1. The third-order valence-corrected chi connectivity index (χ3v) is 3.97. The molecule has 12 heteroatoms. The molecule has 11 nitrogen and oxygen atoms in total. The van der Waals surface area contributed by atoms with E-state index in [0.29, 0.717) is 6.61 Å². The Kier molecular flexibility index (Phi) is 8.66. The molecular formula is C13H23N2O9P. The van der Waals surface area contributed by atoms with E-state index in [-0.39, 0.29) is 13.2 Å². The lowest BCUT2D eigenvalue weighted by molar-refractivity contribution is -0.143. The standard InChI is InChI=1S/C13H23N2O9P/c1-4-22-7-10(8-23-25(19,20)21-3)24-12(9(2)16)15-6-5-11(17)14-13(15)18/h5-6,9-10,12,16H,4,7-8H2,1-3H3,(H,19,20)(H,14,17,18)/t9-,10?,12?/m0/s1. The summed E-state index contributed by atoms with van der Waals surface area (Å²) in [5.74, 6) is 0. The Morgan fingerprint density at radius 3 is 2.56 bits per heavy atom. The highest BCUT2D eigenvalue weighted by Crippen LogP contribution is 2.42. The number of nitrogens with one attached hydrogen (secondary N) is 1. The van der Waals surface area contributed by atoms with Crippen LogP contribution in [-0.2, 0) is 23.1 Å². The monoisotopic (exact) mass is 382 g/mol. The van der Waals surface area contributed by atoms with E-state index in [9.17, 15) is 24.2 Å². The Morgan fingerprint density at radius 2 is 2.04 bits per heavy atom. The van der Waals surface area contributed by atoms with Gasteiger partial charge in [0.15, 0.2) is 6.23 Å². The molecule has 1 aromatic heterocycles. The van der Waals surface area contributed by atoms with Crippen LogP contribution in [0.1, 0.15) is 20.1 Å². The van der Waals surface area contributed by atoms with Crippen molar-refractivity contribution in [1.29, 1.82) is 0 Å². The summed E-state index contributed by atoms with van der Waals surface area (Å²) in [4.78, 5) is 34.4. The van der Waals surface area contributed by atoms with Gasteiger partial charge in [0.2, 0.25) is 0 Å². The van der Waals surface area contributed by atoms with E-state index in [4.69, 9.17) is 14.0 Å². The van der Waals surface area contributed by atoms with Crippen LogP contribution in [0.2, 0.25) is 0 Å². The lowest BCUT2D eigenvalue weighted by atomic mass is 10.3. The van der Waals surface area contributed by atoms with Gasteiger partial charge in [0.1, 0.15) is 6.10 Å². The van der Waals surface area contributed by atoms with Crippen molar-refractivity contribution in [3.63, 3.8) is 0 Å². The second kappa shape index (κ2) is 9.97. The molecule has 0 amide bonds. The summed E-state index contributed by atoms with van der Waals surface area (Å²) in [5, 5.41) is 9.92. The number of aliphatic hydroxyl groups is 1. The van der Waals surface area contributed by atoms with Crippen LogP contribution in [0.15, 0.2) is 21.9 Å². The van der Waals surface area contributed by atoms with Gasteiger partial charge in [-0.1, -0.05) is 0 Å². The predicted molar refractivity (Wildman–Crippen MR) is 86.2 cm³/mol. The zero-order valence-electron chi connectivity index (χ0n) is 14.2. The maximum atomic E-state index is 11.9. The topological polar surface area (TPSA) is 149 Å². The summed E-state index contributed by atoms with van der Waals surface area (Å²) < 4.78 is 32.3. The highest BCUT2D eigenvalue weighted by Gasteiger charge is 2.27. The molecule has 0 aliphatic carbocycles. The zero-order valence-corrected chi connectivity index (χ0v) is 15.0. The zero-order chi connectivity index (χ0) is 19.0. The maximum Gasteiger partial charge on any atom is 0.472 e. The van der Waals surface area contributed by atoms with Crippen LogP contribution in [0, 0.1) is 0 Å². The number of phosphoric ester groups is 1. The molecule has 0 bridgehead atoms. The van der Waals surface area contributed by atoms with Gasteiger partial charge >= 0.3 is 13.5 Å². The Bertz CT molecular complexity index is 687. The highest BCUT2D eigenvalue weighted by molar-refractivity contribution is 7.47. The number of rotatable bonds is 11. The molecule has 0 aliphatic rings. The third-order valence-electron chi connectivity index (χ3n) is 3.03. The smallest absolute Gasteiger partial charge is 0.389 e. The van der Waals surface area contributed by atoms with E-state index in [1.807, 2.05) is 4.98 Å². The Morgan fingerprint density at radius 1 is 1.36 bits per heavy atom. The minimum Gasteiger partial charge on any atom is -0.389 e. The van der Waals surface area contributed by atoms with Crippen molar-refractivity contribution in [2.45, 2.75) is 32.3 Å². The number of hydrogen-bond donors (Lipinski definition) is 3. The molecule has 1 rings (SSSR count). The molecule has 25 heavy (non-hydrogen) atoms. The minimum atomic E-state index is -4.23.